The van der Waals surface area contributed by atoms with Crippen molar-refractivity contribution in [1.29, 1.82) is 0 Å². The normalized spacial score (nSPS) is 15.0. The van der Waals surface area contributed by atoms with E-state index in [9.17, 15) is 19.5 Å². The van der Waals surface area contributed by atoms with Crippen molar-refractivity contribution in [2.24, 2.45) is 0 Å². The molecule has 0 spiro atoms. The van der Waals surface area contributed by atoms with Crippen molar-refractivity contribution in [3.63, 3.8) is 0 Å². The Morgan fingerprint density at radius 2 is 1.95 bits per heavy atom. The van der Waals surface area contributed by atoms with Crippen LogP contribution in [0, 0.1) is 0 Å². The van der Waals surface area contributed by atoms with Gasteiger partial charge in [0.15, 0.2) is 0 Å². The topological polar surface area (TPSA) is 94.9 Å². The number of rotatable bonds is 6. The number of nitrogens with zero attached hydrogens (tertiary/aromatic N) is 1. The van der Waals surface area contributed by atoms with Crippen molar-refractivity contribution in [2.75, 3.05) is 0 Å². The number of hydrogen-bond donors (Lipinski definition) is 2. The van der Waals surface area contributed by atoms with Gasteiger partial charge in [-0.3, -0.25) is 9.59 Å². The molecule has 0 bridgehead atoms. The van der Waals surface area contributed by atoms with Gasteiger partial charge in [0.2, 0.25) is 0 Å². The van der Waals surface area contributed by atoms with E-state index >= 15 is 0 Å². The molecule has 0 aromatic heterocycles. The first-order chi connectivity index (χ1) is 10.3. The van der Waals surface area contributed by atoms with Gasteiger partial charge in [0.1, 0.15) is 6.04 Å². The van der Waals surface area contributed by atoms with Crippen molar-refractivity contribution in [2.45, 2.75) is 45.2 Å². The second-order valence-electron chi connectivity index (χ2n) is 5.75. The number of aliphatic carboxylic acids is 2. The molecule has 22 heavy (non-hydrogen) atoms. The molecule has 0 radical (unpaired) electrons. The zero-order valence-corrected chi connectivity index (χ0v) is 12.6. The molecule has 6 heteroatoms. The summed E-state index contributed by atoms with van der Waals surface area (Å²) < 4.78 is 0. The Balaban J connectivity index is 2.31. The van der Waals surface area contributed by atoms with Gasteiger partial charge < -0.3 is 15.1 Å². The van der Waals surface area contributed by atoms with E-state index < -0.39 is 18.0 Å². The first-order valence-corrected chi connectivity index (χ1v) is 7.20. The maximum Gasteiger partial charge on any atom is 0.326 e. The molecule has 6 nitrogen and oxygen atoms in total. The van der Waals surface area contributed by atoms with Crippen LogP contribution in [-0.2, 0) is 16.1 Å². The summed E-state index contributed by atoms with van der Waals surface area (Å²) >= 11 is 0. The zero-order valence-electron chi connectivity index (χ0n) is 12.6. The summed E-state index contributed by atoms with van der Waals surface area (Å²) in [6.07, 6.45) is -0.379. The summed E-state index contributed by atoms with van der Waals surface area (Å²) in [5.41, 5.74) is 2.40. The molecule has 0 saturated carbocycles. The highest BCUT2D eigenvalue weighted by molar-refractivity contribution is 6.00. The van der Waals surface area contributed by atoms with Crippen LogP contribution < -0.4 is 0 Å². The van der Waals surface area contributed by atoms with Gasteiger partial charge in [-0.05, 0) is 29.5 Å². The SMILES string of the molecule is CC(C)c1cccc2c1CN(C(CCC(=O)O)C(=O)O)C2=O. The highest BCUT2D eigenvalue weighted by Crippen LogP contribution is 2.32. The molecule has 2 N–H and O–H groups in total. The summed E-state index contributed by atoms with van der Waals surface area (Å²) in [4.78, 5) is 35.9. The quantitative estimate of drug-likeness (QED) is 0.839. The van der Waals surface area contributed by atoms with Crippen LogP contribution in [0.4, 0.5) is 0 Å². The third kappa shape index (κ3) is 2.95. The maximum atomic E-state index is 12.5. The Bertz CT molecular complexity index is 623. The van der Waals surface area contributed by atoms with E-state index in [2.05, 4.69) is 0 Å². The minimum absolute atomic E-state index is 0.0958. The predicted molar refractivity (Wildman–Crippen MR) is 78.7 cm³/mol. The Labute approximate surface area is 128 Å². The van der Waals surface area contributed by atoms with E-state index in [1.54, 1.807) is 12.1 Å². The molecule has 1 amide bonds. The first kappa shape index (κ1) is 16.0. The lowest BCUT2D eigenvalue weighted by Crippen LogP contribution is -2.41. The van der Waals surface area contributed by atoms with Gasteiger partial charge in [-0.2, -0.15) is 0 Å². The van der Waals surface area contributed by atoms with Crippen LogP contribution in [0.1, 0.15) is 54.1 Å². The summed E-state index contributed by atoms with van der Waals surface area (Å²) in [7, 11) is 0. The minimum Gasteiger partial charge on any atom is -0.481 e. The Hall–Kier alpha value is -2.37. The molecule has 1 unspecified atom stereocenters. The van der Waals surface area contributed by atoms with E-state index in [-0.39, 0.29) is 31.2 Å². The molecule has 0 fully saturated rings. The fraction of sp³-hybridized carbons (Fsp3) is 0.438. The predicted octanol–water partition coefficient (Wildman–Crippen LogP) is 2.08. The van der Waals surface area contributed by atoms with E-state index in [0.29, 0.717) is 5.56 Å². The lowest BCUT2D eigenvalue weighted by atomic mass is 9.95. The first-order valence-electron chi connectivity index (χ1n) is 7.20. The number of carbonyl (C=O) groups excluding carboxylic acids is 1. The van der Waals surface area contributed by atoms with E-state index in [0.717, 1.165) is 11.1 Å². The molecule has 118 valence electrons. The van der Waals surface area contributed by atoms with E-state index in [1.807, 2.05) is 19.9 Å². The third-order valence-electron chi connectivity index (χ3n) is 3.95. The lowest BCUT2D eigenvalue weighted by Gasteiger charge is -2.23. The molecule has 0 aliphatic carbocycles. The van der Waals surface area contributed by atoms with Gasteiger partial charge in [0, 0.05) is 18.5 Å². The van der Waals surface area contributed by atoms with Crippen LogP contribution in [0.3, 0.4) is 0 Å². The second-order valence-corrected chi connectivity index (χ2v) is 5.75. The number of fused-ring (bicyclic) bond motifs is 1. The fourth-order valence-electron chi connectivity index (χ4n) is 2.84. The maximum absolute atomic E-state index is 12.5. The second kappa shape index (κ2) is 6.17. The van der Waals surface area contributed by atoms with Crippen molar-refractivity contribution < 1.29 is 24.6 Å². The lowest BCUT2D eigenvalue weighted by molar-refractivity contribution is -0.143. The Morgan fingerprint density at radius 1 is 1.27 bits per heavy atom. The standard InChI is InChI=1S/C16H19NO5/c1-9(2)10-4-3-5-11-12(10)8-17(15(11)20)13(16(21)22)6-7-14(18)19/h3-5,9,13H,6-8H2,1-2H3,(H,18,19)(H,21,22). The number of hydrogen-bond acceptors (Lipinski definition) is 3. The number of carboxylic acids is 2. The van der Waals surface area contributed by atoms with Crippen LogP contribution in [0.2, 0.25) is 0 Å². The van der Waals surface area contributed by atoms with Crippen molar-refractivity contribution in [3.8, 4) is 0 Å². The van der Waals surface area contributed by atoms with Crippen molar-refractivity contribution >= 4 is 17.8 Å². The molecule has 1 atom stereocenters. The smallest absolute Gasteiger partial charge is 0.326 e. The van der Waals surface area contributed by atoms with Crippen LogP contribution in [0.15, 0.2) is 18.2 Å². The Kier molecular flexibility index (Phi) is 4.49. The summed E-state index contributed by atoms with van der Waals surface area (Å²) in [6, 6.07) is 4.31. The van der Waals surface area contributed by atoms with Gasteiger partial charge in [-0.25, -0.2) is 4.79 Å². The van der Waals surface area contributed by atoms with Crippen LogP contribution >= 0.6 is 0 Å². The molecule has 1 heterocycles. The van der Waals surface area contributed by atoms with Gasteiger partial charge in [0.25, 0.3) is 5.91 Å². The summed E-state index contributed by atoms with van der Waals surface area (Å²) in [6.45, 7) is 4.25. The summed E-state index contributed by atoms with van der Waals surface area (Å²) in [5, 5.41) is 18.1. The molecular formula is C16H19NO5. The number of carboxylic acid groups (broad SMARTS) is 2. The molecule has 1 aliphatic heterocycles. The molecule has 1 aromatic carbocycles. The highest BCUT2D eigenvalue weighted by Gasteiger charge is 2.37. The minimum atomic E-state index is -1.17. The fourth-order valence-corrected chi connectivity index (χ4v) is 2.84. The number of benzene rings is 1. The Morgan fingerprint density at radius 3 is 2.50 bits per heavy atom. The van der Waals surface area contributed by atoms with E-state index in [4.69, 9.17) is 5.11 Å². The van der Waals surface area contributed by atoms with Gasteiger partial charge >= 0.3 is 11.9 Å². The van der Waals surface area contributed by atoms with Crippen molar-refractivity contribution in [3.05, 3.63) is 34.9 Å². The highest BCUT2D eigenvalue weighted by atomic mass is 16.4. The average molecular weight is 305 g/mol. The molecule has 0 saturated heterocycles. The van der Waals surface area contributed by atoms with Crippen LogP contribution in [-0.4, -0.2) is 39.0 Å². The number of amides is 1. The molecule has 1 aliphatic rings. The summed E-state index contributed by atoms with van der Waals surface area (Å²) in [5.74, 6) is -2.35. The average Bonchev–Trinajstić information content (AvgIpc) is 2.76. The molecule has 2 rings (SSSR count). The van der Waals surface area contributed by atoms with Crippen LogP contribution in [0.5, 0.6) is 0 Å². The van der Waals surface area contributed by atoms with Gasteiger partial charge in [-0.1, -0.05) is 26.0 Å². The largest absolute Gasteiger partial charge is 0.481 e. The molecule has 1 aromatic rings. The zero-order chi connectivity index (χ0) is 16.4. The van der Waals surface area contributed by atoms with Gasteiger partial charge in [0.05, 0.1) is 0 Å². The molecular weight excluding hydrogens is 286 g/mol. The van der Waals surface area contributed by atoms with E-state index in [1.165, 1.54) is 4.90 Å². The number of carbonyl (C=O) groups is 3. The van der Waals surface area contributed by atoms with Crippen LogP contribution in [0.25, 0.3) is 0 Å². The third-order valence-corrected chi connectivity index (χ3v) is 3.95. The monoisotopic (exact) mass is 305 g/mol. The van der Waals surface area contributed by atoms with Crippen molar-refractivity contribution in [1.82, 2.24) is 4.90 Å². The van der Waals surface area contributed by atoms with Gasteiger partial charge in [-0.15, -0.1) is 0 Å².